The van der Waals surface area contributed by atoms with Crippen molar-refractivity contribution in [3.63, 3.8) is 0 Å². The van der Waals surface area contributed by atoms with Crippen LogP contribution in [0.15, 0.2) is 30.3 Å². The minimum Gasteiger partial charge on any atom is -0.207 e. The average Bonchev–Trinajstić information content (AvgIpc) is 2.89. The smallest absolute Gasteiger partial charge is 0.162 e. The number of unbranched alkanes of at least 4 members (excludes halogenated alkanes) is 1. The Kier molecular flexibility index (Phi) is 9.36. The van der Waals surface area contributed by atoms with Crippen LogP contribution in [0.2, 0.25) is 0 Å². The molecule has 2 saturated carbocycles. The number of hydrogen-bond donors (Lipinski definition) is 0. The third kappa shape index (κ3) is 6.52. The van der Waals surface area contributed by atoms with Crippen molar-refractivity contribution in [2.75, 3.05) is 0 Å². The summed E-state index contributed by atoms with van der Waals surface area (Å²) in [4.78, 5) is 0. The summed E-state index contributed by atoms with van der Waals surface area (Å²) in [6, 6.07) is 9.51. The lowest BCUT2D eigenvalue weighted by molar-refractivity contribution is 0.301. The van der Waals surface area contributed by atoms with E-state index in [1.165, 1.54) is 6.42 Å². The molecule has 2 aromatic rings. The Morgan fingerprint density at radius 3 is 1.77 bits per heavy atom. The van der Waals surface area contributed by atoms with Gasteiger partial charge in [0.25, 0.3) is 0 Å². The fourth-order valence-corrected chi connectivity index (χ4v) is 6.54. The molecule has 2 fully saturated rings. The van der Waals surface area contributed by atoms with Crippen LogP contribution in [0.25, 0.3) is 0 Å². The second kappa shape index (κ2) is 12.5. The standard InChI is InChI=1S/C32H43F3/c1-3-5-6-27-18-13-24(21-30(27)33)8-7-23-11-16-26(17-12-23)29-20-19-28(31(34)32(29)35)25-14-9-22(4-2)10-15-25/h13,18-23,25-26H,3-12,14-17H2,1-2H3. The summed E-state index contributed by atoms with van der Waals surface area (Å²) in [7, 11) is 0. The van der Waals surface area contributed by atoms with Gasteiger partial charge in [0.1, 0.15) is 5.82 Å². The van der Waals surface area contributed by atoms with E-state index in [0.29, 0.717) is 17.0 Å². The molecule has 35 heavy (non-hydrogen) atoms. The Labute approximate surface area is 210 Å². The minimum atomic E-state index is -0.595. The van der Waals surface area contributed by atoms with Crippen LogP contribution in [0.1, 0.15) is 125 Å². The van der Waals surface area contributed by atoms with Crippen LogP contribution >= 0.6 is 0 Å². The van der Waals surface area contributed by atoms with Crippen molar-refractivity contribution in [1.29, 1.82) is 0 Å². The maximum atomic E-state index is 15.1. The molecule has 0 heterocycles. The van der Waals surface area contributed by atoms with Crippen LogP contribution in [0, 0.1) is 29.3 Å². The first kappa shape index (κ1) is 26.3. The molecule has 0 bridgehead atoms. The monoisotopic (exact) mass is 484 g/mol. The summed E-state index contributed by atoms with van der Waals surface area (Å²) >= 11 is 0. The maximum Gasteiger partial charge on any atom is 0.162 e. The van der Waals surface area contributed by atoms with Crippen molar-refractivity contribution in [2.24, 2.45) is 11.8 Å². The summed E-state index contributed by atoms with van der Waals surface area (Å²) in [6.45, 7) is 4.35. The van der Waals surface area contributed by atoms with Gasteiger partial charge in [0.05, 0.1) is 0 Å². The van der Waals surface area contributed by atoms with Crippen LogP contribution in [0.3, 0.4) is 0 Å². The Morgan fingerprint density at radius 2 is 1.26 bits per heavy atom. The first-order valence-electron chi connectivity index (χ1n) is 14.2. The molecule has 2 aliphatic rings. The summed E-state index contributed by atoms with van der Waals surface area (Å²) in [5, 5.41) is 0. The van der Waals surface area contributed by atoms with E-state index in [-0.39, 0.29) is 17.7 Å². The van der Waals surface area contributed by atoms with Crippen molar-refractivity contribution >= 4 is 0 Å². The summed E-state index contributed by atoms with van der Waals surface area (Å²) < 4.78 is 44.6. The summed E-state index contributed by atoms with van der Waals surface area (Å²) in [5.74, 6) is 0.353. The summed E-state index contributed by atoms with van der Waals surface area (Å²) in [6.07, 6.45) is 14.1. The van der Waals surface area contributed by atoms with Crippen molar-refractivity contribution in [3.05, 3.63) is 70.0 Å². The highest BCUT2D eigenvalue weighted by Gasteiger charge is 2.29. The molecule has 3 heteroatoms. The lowest BCUT2D eigenvalue weighted by Gasteiger charge is -2.31. The number of hydrogen-bond acceptors (Lipinski definition) is 0. The molecule has 0 amide bonds. The van der Waals surface area contributed by atoms with Gasteiger partial charge in [-0.15, -0.1) is 0 Å². The van der Waals surface area contributed by atoms with Crippen LogP contribution in [0.4, 0.5) is 13.2 Å². The molecule has 192 valence electrons. The SMILES string of the molecule is CCCCc1ccc(CCC2CCC(c3ccc(C4CCC(CC)CC4)c(F)c3F)CC2)cc1F. The highest BCUT2D eigenvalue weighted by molar-refractivity contribution is 5.32. The third-order valence-electron chi connectivity index (χ3n) is 9.05. The molecule has 0 radical (unpaired) electrons. The molecule has 0 nitrogen and oxygen atoms in total. The largest absolute Gasteiger partial charge is 0.207 e. The molecule has 0 atom stereocenters. The van der Waals surface area contributed by atoms with Gasteiger partial charge in [0.15, 0.2) is 11.6 Å². The van der Waals surface area contributed by atoms with Gasteiger partial charge in [0, 0.05) is 0 Å². The van der Waals surface area contributed by atoms with E-state index >= 15 is 8.78 Å². The predicted octanol–water partition coefficient (Wildman–Crippen LogP) is 10.0. The molecule has 0 saturated heterocycles. The third-order valence-corrected chi connectivity index (χ3v) is 9.05. The topological polar surface area (TPSA) is 0 Å². The van der Waals surface area contributed by atoms with Gasteiger partial charge in [-0.3, -0.25) is 0 Å². The normalized spacial score (nSPS) is 25.1. The lowest BCUT2D eigenvalue weighted by Crippen LogP contribution is -2.17. The average molecular weight is 485 g/mol. The minimum absolute atomic E-state index is 0.0704. The second-order valence-corrected chi connectivity index (χ2v) is 11.3. The Morgan fingerprint density at radius 1 is 0.686 bits per heavy atom. The Balaban J connectivity index is 1.29. The maximum absolute atomic E-state index is 15.1. The molecule has 0 spiro atoms. The van der Waals surface area contributed by atoms with Gasteiger partial charge >= 0.3 is 0 Å². The lowest BCUT2D eigenvalue weighted by atomic mass is 9.75. The van der Waals surface area contributed by atoms with E-state index in [1.807, 2.05) is 18.2 Å². The number of halogens is 3. The predicted molar refractivity (Wildman–Crippen MR) is 139 cm³/mol. The molecule has 0 unspecified atom stereocenters. The highest BCUT2D eigenvalue weighted by Crippen LogP contribution is 2.42. The van der Waals surface area contributed by atoms with Crippen LogP contribution < -0.4 is 0 Å². The van der Waals surface area contributed by atoms with Crippen molar-refractivity contribution in [2.45, 2.75) is 116 Å². The van der Waals surface area contributed by atoms with E-state index in [9.17, 15) is 4.39 Å². The number of benzene rings is 2. The number of aryl methyl sites for hydroxylation is 2. The molecule has 0 N–H and O–H groups in total. The Hall–Kier alpha value is -1.77. The molecule has 0 aromatic heterocycles. The zero-order valence-corrected chi connectivity index (χ0v) is 21.7. The molecule has 2 aliphatic carbocycles. The van der Waals surface area contributed by atoms with Gasteiger partial charge < -0.3 is 0 Å². The zero-order chi connectivity index (χ0) is 24.8. The van der Waals surface area contributed by atoms with E-state index in [2.05, 4.69) is 19.9 Å². The number of rotatable bonds is 9. The molecular formula is C32H43F3. The van der Waals surface area contributed by atoms with Gasteiger partial charge in [-0.25, -0.2) is 13.2 Å². The van der Waals surface area contributed by atoms with E-state index in [0.717, 1.165) is 101 Å². The van der Waals surface area contributed by atoms with Gasteiger partial charge in [-0.2, -0.15) is 0 Å². The fraction of sp³-hybridized carbons (Fsp3) is 0.625. The van der Waals surface area contributed by atoms with Crippen molar-refractivity contribution in [1.82, 2.24) is 0 Å². The molecule has 2 aromatic carbocycles. The second-order valence-electron chi connectivity index (χ2n) is 11.3. The quantitative estimate of drug-likeness (QED) is 0.332. The fourth-order valence-electron chi connectivity index (χ4n) is 6.54. The van der Waals surface area contributed by atoms with E-state index < -0.39 is 11.6 Å². The van der Waals surface area contributed by atoms with E-state index in [1.54, 1.807) is 6.07 Å². The van der Waals surface area contributed by atoms with Gasteiger partial charge in [-0.05, 0) is 129 Å². The first-order chi connectivity index (χ1) is 17.0. The van der Waals surface area contributed by atoms with Gasteiger partial charge in [0.2, 0.25) is 0 Å². The zero-order valence-electron chi connectivity index (χ0n) is 21.7. The van der Waals surface area contributed by atoms with Crippen LogP contribution in [-0.2, 0) is 12.8 Å². The Bertz CT molecular complexity index is 950. The molecular weight excluding hydrogens is 441 g/mol. The first-order valence-corrected chi connectivity index (χ1v) is 14.2. The molecule has 0 aliphatic heterocycles. The van der Waals surface area contributed by atoms with Crippen LogP contribution in [0.5, 0.6) is 0 Å². The van der Waals surface area contributed by atoms with Gasteiger partial charge in [-0.1, -0.05) is 51.0 Å². The van der Waals surface area contributed by atoms with E-state index in [4.69, 9.17) is 0 Å². The highest BCUT2D eigenvalue weighted by atomic mass is 19.2. The van der Waals surface area contributed by atoms with Crippen molar-refractivity contribution < 1.29 is 13.2 Å². The van der Waals surface area contributed by atoms with Crippen molar-refractivity contribution in [3.8, 4) is 0 Å². The summed E-state index contributed by atoms with van der Waals surface area (Å²) in [5.41, 5.74) is 3.07. The van der Waals surface area contributed by atoms with Crippen LogP contribution in [-0.4, -0.2) is 0 Å². The molecule has 4 rings (SSSR count).